The molecule has 2 aliphatic rings. The molecule has 0 bridgehead atoms. The summed E-state index contributed by atoms with van der Waals surface area (Å²) in [6.07, 6.45) is 4.79. The number of nitrogens with one attached hydrogen (secondary N) is 1. The van der Waals surface area contributed by atoms with E-state index in [0.717, 1.165) is 48.3 Å². The summed E-state index contributed by atoms with van der Waals surface area (Å²) >= 11 is 3.68. The molecule has 0 atom stereocenters. The first-order chi connectivity index (χ1) is 13.7. The summed E-state index contributed by atoms with van der Waals surface area (Å²) in [7, 11) is 3.54. The van der Waals surface area contributed by atoms with Crippen molar-refractivity contribution in [1.82, 2.24) is 4.98 Å². The number of hydrogen-bond donors (Lipinski definition) is 1. The first-order valence-electron chi connectivity index (χ1n) is 9.68. The Morgan fingerprint density at radius 3 is 2.79 bits per heavy atom. The molecule has 1 N–H and O–H groups in total. The average Bonchev–Trinajstić information content (AvgIpc) is 3.07. The second kappa shape index (κ2) is 6.75. The van der Waals surface area contributed by atoms with E-state index in [9.17, 15) is 0 Å². The maximum atomic E-state index is 5.76. The van der Waals surface area contributed by atoms with Crippen molar-refractivity contribution in [1.29, 1.82) is 0 Å². The van der Waals surface area contributed by atoms with E-state index in [-0.39, 0.29) is 5.41 Å². The quantitative estimate of drug-likeness (QED) is 0.572. The number of halogens is 1. The second-order valence-electron chi connectivity index (χ2n) is 7.69. The number of hydrogen-bond acceptors (Lipinski definition) is 3. The fraction of sp³-hybridized carbons (Fsp3) is 0.348. The molecule has 1 fully saturated rings. The minimum absolute atomic E-state index is 0.0484. The van der Waals surface area contributed by atoms with Gasteiger partial charge in [-0.25, -0.2) is 0 Å². The minimum atomic E-state index is -0.0484. The van der Waals surface area contributed by atoms with Crippen molar-refractivity contribution < 1.29 is 9.47 Å². The van der Waals surface area contributed by atoms with Crippen LogP contribution in [0.4, 0.5) is 0 Å². The molecule has 2 heterocycles. The molecule has 0 amide bonds. The van der Waals surface area contributed by atoms with E-state index in [1.165, 1.54) is 33.3 Å². The van der Waals surface area contributed by atoms with E-state index in [2.05, 4.69) is 56.2 Å². The Hall–Kier alpha value is -2.11. The average molecular weight is 439 g/mol. The van der Waals surface area contributed by atoms with E-state index in [0.29, 0.717) is 0 Å². The highest BCUT2D eigenvalue weighted by atomic mass is 79.9. The van der Waals surface area contributed by atoms with Crippen LogP contribution in [0.3, 0.4) is 0 Å². The van der Waals surface area contributed by atoms with Crippen LogP contribution in [0.15, 0.2) is 39.8 Å². The zero-order valence-electron chi connectivity index (χ0n) is 16.1. The molecule has 4 nitrogen and oxygen atoms in total. The number of fused-ring (bicyclic) bond motifs is 6. The van der Waals surface area contributed by atoms with E-state index in [1.54, 1.807) is 7.11 Å². The first-order valence-corrected chi connectivity index (χ1v) is 10.5. The molecule has 1 saturated heterocycles. The highest BCUT2D eigenvalue weighted by molar-refractivity contribution is 9.10. The summed E-state index contributed by atoms with van der Waals surface area (Å²) in [6, 6.07) is 11.1. The zero-order chi connectivity index (χ0) is 19.3. The van der Waals surface area contributed by atoms with Crippen molar-refractivity contribution >= 4 is 33.0 Å². The third-order valence-electron chi connectivity index (χ3n) is 6.29. The summed E-state index contributed by atoms with van der Waals surface area (Å²) in [5.41, 5.74) is 7.79. The maximum Gasteiger partial charge on any atom is 0.133 e. The Morgan fingerprint density at radius 2 is 2.04 bits per heavy atom. The molecule has 2 aromatic carbocycles. The van der Waals surface area contributed by atoms with Gasteiger partial charge in [-0.05, 0) is 69.2 Å². The van der Waals surface area contributed by atoms with Crippen LogP contribution in [-0.4, -0.2) is 38.6 Å². The predicted molar refractivity (Wildman–Crippen MR) is 116 cm³/mol. The molecule has 28 heavy (non-hydrogen) atoms. The van der Waals surface area contributed by atoms with Gasteiger partial charge in [-0.2, -0.15) is 0 Å². The molecule has 5 heteroatoms. The highest BCUT2D eigenvalue weighted by Gasteiger charge is 2.44. The van der Waals surface area contributed by atoms with Crippen molar-refractivity contribution in [3.63, 3.8) is 0 Å². The normalized spacial score (nSPS) is 17.8. The number of methoxy groups -OCH3 is 1. The van der Waals surface area contributed by atoms with Gasteiger partial charge in [-0.15, -0.1) is 0 Å². The Balaban J connectivity index is 1.77. The molecule has 0 radical (unpaired) electrons. The Bertz CT molecular complexity index is 1090. The lowest BCUT2D eigenvalue weighted by molar-refractivity contribution is 0.0608. The largest absolute Gasteiger partial charge is 0.496 e. The van der Waals surface area contributed by atoms with Crippen molar-refractivity contribution in [3.05, 3.63) is 62.8 Å². The van der Waals surface area contributed by atoms with Crippen molar-refractivity contribution in [2.45, 2.75) is 24.7 Å². The van der Waals surface area contributed by atoms with Gasteiger partial charge in [0.25, 0.3) is 0 Å². The number of aliphatic imine (C=N–C) groups is 1. The third kappa shape index (κ3) is 2.56. The van der Waals surface area contributed by atoms with E-state index in [4.69, 9.17) is 9.47 Å². The van der Waals surface area contributed by atoms with Crippen LogP contribution in [0.2, 0.25) is 0 Å². The monoisotopic (exact) mass is 438 g/mol. The van der Waals surface area contributed by atoms with Gasteiger partial charge < -0.3 is 14.5 Å². The summed E-state index contributed by atoms with van der Waals surface area (Å²) < 4.78 is 12.4. The number of rotatable bonds is 2. The molecular weight excluding hydrogens is 416 g/mol. The number of nitrogens with zero attached hydrogens (tertiary/aromatic N) is 1. The molecule has 1 aliphatic carbocycles. The van der Waals surface area contributed by atoms with Gasteiger partial charge in [0.2, 0.25) is 0 Å². The van der Waals surface area contributed by atoms with Crippen LogP contribution in [0.1, 0.15) is 40.8 Å². The smallest absolute Gasteiger partial charge is 0.133 e. The lowest BCUT2D eigenvalue weighted by Gasteiger charge is -2.42. The minimum Gasteiger partial charge on any atom is -0.496 e. The topological polar surface area (TPSA) is 46.6 Å². The van der Waals surface area contributed by atoms with Crippen LogP contribution in [0.25, 0.3) is 10.9 Å². The maximum absolute atomic E-state index is 5.76. The van der Waals surface area contributed by atoms with Crippen LogP contribution in [0.5, 0.6) is 5.75 Å². The van der Waals surface area contributed by atoms with E-state index < -0.39 is 0 Å². The van der Waals surface area contributed by atoms with Gasteiger partial charge in [-0.3, -0.25) is 4.99 Å². The number of aromatic amines is 1. The standard InChI is InChI=1S/C23H23BrN2O2/c1-25-13-14-3-4-16-17-10-15-11-19(24)21(27-2)12-18(15)23(5-7-28-8-6-23)22(17)26-20(16)9-14/h3-4,9,11-13,26H,5-8,10H2,1-2H3. The van der Waals surface area contributed by atoms with Crippen molar-refractivity contribution in [3.8, 4) is 5.75 Å². The van der Waals surface area contributed by atoms with Crippen LogP contribution < -0.4 is 4.74 Å². The Morgan fingerprint density at radius 1 is 1.21 bits per heavy atom. The van der Waals surface area contributed by atoms with Crippen LogP contribution in [0, 0.1) is 0 Å². The number of H-pyrrole nitrogens is 1. The van der Waals surface area contributed by atoms with Gasteiger partial charge in [-0.1, -0.05) is 12.1 Å². The van der Waals surface area contributed by atoms with Crippen LogP contribution >= 0.6 is 15.9 Å². The molecule has 144 valence electrons. The second-order valence-corrected chi connectivity index (χ2v) is 8.54. The zero-order valence-corrected chi connectivity index (χ0v) is 17.7. The summed E-state index contributed by atoms with van der Waals surface area (Å²) in [6.45, 7) is 1.56. The molecule has 5 rings (SSSR count). The fourth-order valence-electron chi connectivity index (χ4n) is 5.00. The Kier molecular flexibility index (Phi) is 4.33. The summed E-state index contributed by atoms with van der Waals surface area (Å²) in [4.78, 5) is 7.96. The van der Waals surface area contributed by atoms with Crippen molar-refractivity contribution in [2.24, 2.45) is 4.99 Å². The van der Waals surface area contributed by atoms with Crippen LogP contribution in [-0.2, 0) is 16.6 Å². The predicted octanol–water partition coefficient (Wildman–Crippen LogP) is 4.99. The SMILES string of the molecule is CN=Cc1ccc2c3c([nH]c2c1)C1(CCOCC1)c1cc(OC)c(Br)cc1C3. The fourth-order valence-corrected chi connectivity index (χ4v) is 5.55. The molecule has 0 unspecified atom stereocenters. The molecule has 3 aromatic rings. The summed E-state index contributed by atoms with van der Waals surface area (Å²) in [5.74, 6) is 0.894. The summed E-state index contributed by atoms with van der Waals surface area (Å²) in [5, 5.41) is 1.31. The lowest BCUT2D eigenvalue weighted by atomic mass is 9.65. The van der Waals surface area contributed by atoms with E-state index >= 15 is 0 Å². The molecule has 0 saturated carbocycles. The van der Waals surface area contributed by atoms with Gasteiger partial charge >= 0.3 is 0 Å². The highest BCUT2D eigenvalue weighted by Crippen LogP contribution is 2.51. The first kappa shape index (κ1) is 18.0. The third-order valence-corrected chi connectivity index (χ3v) is 6.91. The lowest BCUT2D eigenvalue weighted by Crippen LogP contribution is -2.39. The molecular formula is C23H23BrN2O2. The molecule has 1 aromatic heterocycles. The molecule has 1 aliphatic heterocycles. The van der Waals surface area contributed by atoms with E-state index in [1.807, 2.05) is 13.3 Å². The van der Waals surface area contributed by atoms with Gasteiger partial charge in [0.15, 0.2) is 0 Å². The Labute approximate surface area is 173 Å². The molecule has 1 spiro atoms. The number of aromatic nitrogens is 1. The van der Waals surface area contributed by atoms with Crippen molar-refractivity contribution in [2.75, 3.05) is 27.4 Å². The number of ether oxygens (including phenoxy) is 2. The van der Waals surface area contributed by atoms with Gasteiger partial charge in [0.05, 0.1) is 11.6 Å². The van der Waals surface area contributed by atoms with Gasteiger partial charge in [0, 0.05) is 54.9 Å². The van der Waals surface area contributed by atoms with Gasteiger partial charge in [0.1, 0.15) is 5.75 Å². The number of benzene rings is 2.